The van der Waals surface area contributed by atoms with Crippen LogP contribution >= 0.6 is 0 Å². The smallest absolute Gasteiger partial charge is 0.125 e. The van der Waals surface area contributed by atoms with Gasteiger partial charge in [-0.25, -0.2) is 0 Å². The van der Waals surface area contributed by atoms with E-state index in [4.69, 9.17) is 9.47 Å². The van der Waals surface area contributed by atoms with Crippen molar-refractivity contribution in [3.8, 4) is 5.75 Å². The molecule has 2 aromatic carbocycles. The molecule has 0 saturated carbocycles. The molecule has 0 spiro atoms. The second kappa shape index (κ2) is 5.69. The average molecular weight is 242 g/mol. The lowest BCUT2D eigenvalue weighted by Gasteiger charge is -2.20. The van der Waals surface area contributed by atoms with E-state index in [9.17, 15) is 0 Å². The Morgan fingerprint density at radius 2 is 1.44 bits per heavy atom. The minimum Gasteiger partial charge on any atom is -0.496 e. The van der Waals surface area contributed by atoms with Crippen molar-refractivity contribution >= 4 is 0 Å². The largest absolute Gasteiger partial charge is 0.496 e. The van der Waals surface area contributed by atoms with Crippen molar-refractivity contribution in [2.75, 3.05) is 14.2 Å². The van der Waals surface area contributed by atoms with Gasteiger partial charge in [0, 0.05) is 12.7 Å². The van der Waals surface area contributed by atoms with E-state index in [0.717, 1.165) is 11.3 Å². The van der Waals surface area contributed by atoms with Crippen molar-refractivity contribution in [2.24, 2.45) is 0 Å². The van der Waals surface area contributed by atoms with Gasteiger partial charge < -0.3 is 9.47 Å². The summed E-state index contributed by atoms with van der Waals surface area (Å²) in [6.45, 7) is 2.09. The summed E-state index contributed by atoms with van der Waals surface area (Å²) in [4.78, 5) is 0. The quantitative estimate of drug-likeness (QED) is 0.813. The summed E-state index contributed by atoms with van der Waals surface area (Å²) in [5.74, 6) is 0.854. The van der Waals surface area contributed by atoms with Gasteiger partial charge in [-0.05, 0) is 24.1 Å². The van der Waals surface area contributed by atoms with Crippen LogP contribution in [0.25, 0.3) is 0 Å². The van der Waals surface area contributed by atoms with E-state index in [1.54, 1.807) is 14.2 Å². The van der Waals surface area contributed by atoms with Gasteiger partial charge in [-0.2, -0.15) is 0 Å². The number of ether oxygens (including phenoxy) is 2. The molecule has 2 nitrogen and oxygen atoms in total. The highest BCUT2D eigenvalue weighted by Gasteiger charge is 2.18. The van der Waals surface area contributed by atoms with Gasteiger partial charge >= 0.3 is 0 Å². The summed E-state index contributed by atoms with van der Waals surface area (Å²) < 4.78 is 11.1. The Hall–Kier alpha value is -1.80. The van der Waals surface area contributed by atoms with Gasteiger partial charge in [-0.15, -0.1) is 0 Å². The fourth-order valence-electron chi connectivity index (χ4n) is 2.19. The lowest BCUT2D eigenvalue weighted by molar-refractivity contribution is 0.133. The molecule has 1 unspecified atom stereocenters. The van der Waals surface area contributed by atoms with Gasteiger partial charge in [0.05, 0.1) is 7.11 Å². The predicted molar refractivity (Wildman–Crippen MR) is 73.0 cm³/mol. The Bertz CT molecular complexity index is 520. The molecule has 0 heterocycles. The van der Waals surface area contributed by atoms with Crippen LogP contribution in [-0.2, 0) is 4.74 Å². The standard InChI is InChI=1S/C16H18O2/c1-12-8-4-5-9-13(12)16(18-3)14-10-6-7-11-15(14)17-2/h4-11,16H,1-3H3. The van der Waals surface area contributed by atoms with Crippen molar-refractivity contribution in [1.29, 1.82) is 0 Å². The summed E-state index contributed by atoms with van der Waals surface area (Å²) in [7, 11) is 3.41. The van der Waals surface area contributed by atoms with Crippen LogP contribution in [-0.4, -0.2) is 14.2 Å². The highest BCUT2D eigenvalue weighted by Crippen LogP contribution is 2.33. The zero-order valence-electron chi connectivity index (χ0n) is 11.0. The molecule has 0 aliphatic rings. The molecular weight excluding hydrogens is 224 g/mol. The van der Waals surface area contributed by atoms with Crippen molar-refractivity contribution in [3.63, 3.8) is 0 Å². The zero-order chi connectivity index (χ0) is 13.0. The maximum Gasteiger partial charge on any atom is 0.125 e. The van der Waals surface area contributed by atoms with E-state index in [1.165, 1.54) is 11.1 Å². The molecule has 0 saturated heterocycles. The molecule has 0 N–H and O–H groups in total. The third-order valence-corrected chi connectivity index (χ3v) is 3.13. The average Bonchev–Trinajstić information content (AvgIpc) is 2.42. The number of benzene rings is 2. The first kappa shape index (κ1) is 12.7. The monoisotopic (exact) mass is 242 g/mol. The van der Waals surface area contributed by atoms with Gasteiger partial charge in [0.2, 0.25) is 0 Å². The van der Waals surface area contributed by atoms with Crippen LogP contribution in [0.15, 0.2) is 48.5 Å². The van der Waals surface area contributed by atoms with Crippen molar-refractivity contribution < 1.29 is 9.47 Å². The molecule has 0 bridgehead atoms. The summed E-state index contributed by atoms with van der Waals surface area (Å²) in [5.41, 5.74) is 3.44. The summed E-state index contributed by atoms with van der Waals surface area (Å²) in [6.07, 6.45) is -0.0950. The van der Waals surface area contributed by atoms with Crippen molar-refractivity contribution in [2.45, 2.75) is 13.0 Å². The molecule has 94 valence electrons. The van der Waals surface area contributed by atoms with E-state index < -0.39 is 0 Å². The van der Waals surface area contributed by atoms with Gasteiger partial charge in [-0.1, -0.05) is 42.5 Å². The maximum absolute atomic E-state index is 5.67. The fraction of sp³-hybridized carbons (Fsp3) is 0.250. The van der Waals surface area contributed by atoms with Crippen LogP contribution in [0, 0.1) is 6.92 Å². The van der Waals surface area contributed by atoms with Crippen LogP contribution in [0.5, 0.6) is 5.75 Å². The van der Waals surface area contributed by atoms with Crippen LogP contribution in [0.2, 0.25) is 0 Å². The minimum absolute atomic E-state index is 0.0950. The van der Waals surface area contributed by atoms with Crippen LogP contribution < -0.4 is 4.74 Å². The van der Waals surface area contributed by atoms with Gasteiger partial charge in [-0.3, -0.25) is 0 Å². The topological polar surface area (TPSA) is 18.5 Å². The molecule has 0 fully saturated rings. The maximum atomic E-state index is 5.67. The Balaban J connectivity index is 2.49. The van der Waals surface area contributed by atoms with Crippen molar-refractivity contribution in [1.82, 2.24) is 0 Å². The number of para-hydroxylation sites is 1. The SMILES string of the molecule is COc1ccccc1C(OC)c1ccccc1C. The molecule has 0 amide bonds. The third-order valence-electron chi connectivity index (χ3n) is 3.13. The Kier molecular flexibility index (Phi) is 4.00. The number of hydrogen-bond donors (Lipinski definition) is 0. The summed E-state index contributed by atoms with van der Waals surface area (Å²) in [5, 5.41) is 0. The predicted octanol–water partition coefficient (Wildman–Crippen LogP) is 3.74. The first-order valence-corrected chi connectivity index (χ1v) is 5.99. The molecule has 2 aromatic rings. The third kappa shape index (κ3) is 2.39. The molecule has 0 aliphatic carbocycles. The Labute approximate surface area is 108 Å². The molecule has 0 aliphatic heterocycles. The van der Waals surface area contributed by atoms with Gasteiger partial charge in [0.15, 0.2) is 0 Å². The van der Waals surface area contributed by atoms with Crippen LogP contribution in [0.4, 0.5) is 0 Å². The second-order valence-corrected chi connectivity index (χ2v) is 4.21. The lowest BCUT2D eigenvalue weighted by atomic mass is 9.97. The molecule has 1 atom stereocenters. The fourth-order valence-corrected chi connectivity index (χ4v) is 2.19. The second-order valence-electron chi connectivity index (χ2n) is 4.21. The first-order valence-electron chi connectivity index (χ1n) is 5.99. The Morgan fingerprint density at radius 1 is 0.833 bits per heavy atom. The van der Waals surface area contributed by atoms with E-state index in [0.29, 0.717) is 0 Å². The van der Waals surface area contributed by atoms with E-state index >= 15 is 0 Å². The van der Waals surface area contributed by atoms with Crippen LogP contribution in [0.1, 0.15) is 22.8 Å². The number of rotatable bonds is 4. The lowest BCUT2D eigenvalue weighted by Crippen LogP contribution is -2.07. The zero-order valence-corrected chi connectivity index (χ0v) is 11.0. The highest BCUT2D eigenvalue weighted by atomic mass is 16.5. The number of hydrogen-bond acceptors (Lipinski definition) is 2. The summed E-state index contributed by atoms with van der Waals surface area (Å²) in [6, 6.07) is 16.2. The molecule has 0 aromatic heterocycles. The molecule has 0 radical (unpaired) electrons. The molecule has 2 heteroatoms. The number of aryl methyl sites for hydroxylation is 1. The van der Waals surface area contributed by atoms with Crippen molar-refractivity contribution in [3.05, 3.63) is 65.2 Å². The normalized spacial score (nSPS) is 12.2. The molecular formula is C16H18O2. The van der Waals surface area contributed by atoms with Gasteiger partial charge in [0.25, 0.3) is 0 Å². The molecule has 18 heavy (non-hydrogen) atoms. The number of methoxy groups -OCH3 is 2. The van der Waals surface area contributed by atoms with E-state index in [1.807, 2.05) is 36.4 Å². The van der Waals surface area contributed by atoms with E-state index in [-0.39, 0.29) is 6.10 Å². The summed E-state index contributed by atoms with van der Waals surface area (Å²) >= 11 is 0. The Morgan fingerprint density at radius 3 is 2.06 bits per heavy atom. The first-order chi connectivity index (χ1) is 8.77. The highest BCUT2D eigenvalue weighted by molar-refractivity contribution is 5.42. The molecule has 2 rings (SSSR count). The van der Waals surface area contributed by atoms with Gasteiger partial charge in [0.1, 0.15) is 11.9 Å². The van der Waals surface area contributed by atoms with Crippen LogP contribution in [0.3, 0.4) is 0 Å². The van der Waals surface area contributed by atoms with E-state index in [2.05, 4.69) is 19.1 Å². The minimum atomic E-state index is -0.0950.